The molecule has 1 saturated carbocycles. The minimum Gasteiger partial charge on any atom is -0.349 e. The van der Waals surface area contributed by atoms with Crippen LogP contribution in [0.3, 0.4) is 0 Å². The van der Waals surface area contributed by atoms with Crippen LogP contribution in [0.5, 0.6) is 0 Å². The van der Waals surface area contributed by atoms with Crippen LogP contribution < -0.4 is 5.32 Å². The summed E-state index contributed by atoms with van der Waals surface area (Å²) in [5, 5.41) is 3.30. The van der Waals surface area contributed by atoms with E-state index in [1.54, 1.807) is 19.1 Å². The maximum absolute atomic E-state index is 13.6. The van der Waals surface area contributed by atoms with Gasteiger partial charge in [-0.1, -0.05) is 30.5 Å². The van der Waals surface area contributed by atoms with E-state index >= 15 is 0 Å². The number of halogens is 2. The quantitative estimate of drug-likeness (QED) is 0.800. The average molecular weight is 395 g/mol. The minimum atomic E-state index is -0.436. The standard InChI is InChI=1S/C21H28ClFN2O2/c1-14(26)25-10-8-15(9-11-25)12-20(27)24-21(16-4-2-3-5-16)17-6-7-19(23)18(22)13-17/h6-7,13,15-16,21H,2-5,8-12H2,1H3,(H,24,27). The molecule has 1 aliphatic heterocycles. The van der Waals surface area contributed by atoms with E-state index in [4.69, 9.17) is 11.6 Å². The number of rotatable bonds is 5. The van der Waals surface area contributed by atoms with Crippen molar-refractivity contribution in [2.75, 3.05) is 13.1 Å². The fraction of sp³-hybridized carbons (Fsp3) is 0.619. The molecule has 1 aromatic rings. The molecule has 4 nitrogen and oxygen atoms in total. The van der Waals surface area contributed by atoms with E-state index in [9.17, 15) is 14.0 Å². The average Bonchev–Trinajstić information content (AvgIpc) is 3.17. The van der Waals surface area contributed by atoms with E-state index in [-0.39, 0.29) is 22.9 Å². The molecule has 1 N–H and O–H groups in total. The molecule has 2 amide bonds. The Morgan fingerprint density at radius 2 is 1.89 bits per heavy atom. The zero-order valence-corrected chi connectivity index (χ0v) is 16.6. The summed E-state index contributed by atoms with van der Waals surface area (Å²) in [6, 6.07) is 4.64. The van der Waals surface area contributed by atoms with Crippen molar-refractivity contribution >= 4 is 23.4 Å². The van der Waals surface area contributed by atoms with Crippen LogP contribution in [0.2, 0.25) is 5.02 Å². The number of likely N-dealkylation sites (tertiary alicyclic amines) is 1. The largest absolute Gasteiger partial charge is 0.349 e. The third kappa shape index (κ3) is 5.22. The first-order chi connectivity index (χ1) is 12.9. The molecule has 1 atom stereocenters. The second kappa shape index (κ2) is 9.05. The Bertz CT molecular complexity index is 683. The van der Waals surface area contributed by atoms with Gasteiger partial charge in [-0.3, -0.25) is 9.59 Å². The molecule has 148 valence electrons. The maximum Gasteiger partial charge on any atom is 0.220 e. The molecule has 27 heavy (non-hydrogen) atoms. The van der Waals surface area contributed by atoms with Gasteiger partial charge in [0.05, 0.1) is 11.1 Å². The lowest BCUT2D eigenvalue weighted by Gasteiger charge is -2.32. The molecule has 3 rings (SSSR count). The molecule has 2 aliphatic rings. The molecular formula is C21H28ClFN2O2. The molecule has 0 radical (unpaired) electrons. The summed E-state index contributed by atoms with van der Waals surface area (Å²) in [6.07, 6.45) is 6.66. The summed E-state index contributed by atoms with van der Waals surface area (Å²) in [6.45, 7) is 3.05. The van der Waals surface area contributed by atoms with E-state index in [0.29, 0.717) is 18.3 Å². The summed E-state index contributed by atoms with van der Waals surface area (Å²) in [5.74, 6) is 0.381. The van der Waals surface area contributed by atoms with Gasteiger partial charge in [-0.2, -0.15) is 0 Å². The number of benzene rings is 1. The Morgan fingerprint density at radius 3 is 2.48 bits per heavy atom. The van der Waals surface area contributed by atoms with Gasteiger partial charge in [0, 0.05) is 26.4 Å². The lowest BCUT2D eigenvalue weighted by atomic mass is 9.90. The van der Waals surface area contributed by atoms with Crippen molar-refractivity contribution in [3.8, 4) is 0 Å². The first kappa shape index (κ1) is 20.1. The van der Waals surface area contributed by atoms with Crippen LogP contribution in [0.1, 0.15) is 63.5 Å². The SMILES string of the molecule is CC(=O)N1CCC(CC(=O)NC(c2ccc(F)c(Cl)c2)C2CCCC2)CC1. The minimum absolute atomic E-state index is 0.0358. The second-order valence-electron chi connectivity index (χ2n) is 7.92. The Kier molecular flexibility index (Phi) is 6.74. The van der Waals surface area contributed by atoms with E-state index in [0.717, 1.165) is 57.2 Å². The van der Waals surface area contributed by atoms with Crippen LogP contribution in [0.25, 0.3) is 0 Å². The summed E-state index contributed by atoms with van der Waals surface area (Å²) in [7, 11) is 0. The molecule has 1 aromatic carbocycles. The van der Waals surface area contributed by atoms with Crippen LogP contribution in [-0.4, -0.2) is 29.8 Å². The maximum atomic E-state index is 13.6. The van der Waals surface area contributed by atoms with Crippen LogP contribution in [0.15, 0.2) is 18.2 Å². The number of hydrogen-bond acceptors (Lipinski definition) is 2. The topological polar surface area (TPSA) is 49.4 Å². The molecule has 0 aromatic heterocycles. The summed E-state index contributed by atoms with van der Waals surface area (Å²) in [4.78, 5) is 26.0. The Hall–Kier alpha value is -1.62. The zero-order chi connectivity index (χ0) is 19.4. The fourth-order valence-corrected chi connectivity index (χ4v) is 4.61. The van der Waals surface area contributed by atoms with Crippen molar-refractivity contribution in [2.45, 2.75) is 57.9 Å². The van der Waals surface area contributed by atoms with Crippen molar-refractivity contribution in [1.29, 1.82) is 0 Å². The van der Waals surface area contributed by atoms with Gasteiger partial charge < -0.3 is 10.2 Å². The van der Waals surface area contributed by atoms with E-state index in [1.807, 2.05) is 4.90 Å². The summed E-state index contributed by atoms with van der Waals surface area (Å²) >= 11 is 5.98. The molecule has 2 fully saturated rings. The van der Waals surface area contributed by atoms with Crippen molar-refractivity contribution in [1.82, 2.24) is 10.2 Å². The highest BCUT2D eigenvalue weighted by atomic mass is 35.5. The first-order valence-corrected chi connectivity index (χ1v) is 10.3. The van der Waals surface area contributed by atoms with E-state index in [1.165, 1.54) is 6.07 Å². The van der Waals surface area contributed by atoms with Crippen molar-refractivity contribution in [3.63, 3.8) is 0 Å². The van der Waals surface area contributed by atoms with E-state index in [2.05, 4.69) is 5.32 Å². The molecule has 0 bridgehead atoms. The molecule has 1 heterocycles. The number of carbonyl (C=O) groups is 2. The normalized spacial score (nSPS) is 19.9. The number of hydrogen-bond donors (Lipinski definition) is 1. The van der Waals surface area contributed by atoms with Gasteiger partial charge >= 0.3 is 0 Å². The van der Waals surface area contributed by atoms with Crippen molar-refractivity contribution < 1.29 is 14.0 Å². The predicted octanol–water partition coefficient (Wildman–Crippen LogP) is 4.48. The van der Waals surface area contributed by atoms with Crippen LogP contribution in [-0.2, 0) is 9.59 Å². The smallest absolute Gasteiger partial charge is 0.220 e. The lowest BCUT2D eigenvalue weighted by Crippen LogP contribution is -2.39. The van der Waals surface area contributed by atoms with Crippen molar-refractivity contribution in [2.24, 2.45) is 11.8 Å². The molecule has 1 unspecified atom stereocenters. The Balaban J connectivity index is 1.62. The Labute approximate surface area is 165 Å². The van der Waals surface area contributed by atoms with E-state index < -0.39 is 5.82 Å². The van der Waals surface area contributed by atoms with Gasteiger partial charge in [-0.15, -0.1) is 0 Å². The first-order valence-electron chi connectivity index (χ1n) is 9.94. The third-order valence-corrected chi connectivity index (χ3v) is 6.31. The molecule has 1 saturated heterocycles. The number of carbonyl (C=O) groups excluding carboxylic acids is 2. The third-order valence-electron chi connectivity index (χ3n) is 6.02. The van der Waals surface area contributed by atoms with Crippen LogP contribution in [0, 0.1) is 17.7 Å². The molecule has 6 heteroatoms. The molecular weight excluding hydrogens is 367 g/mol. The lowest BCUT2D eigenvalue weighted by molar-refractivity contribution is -0.130. The monoisotopic (exact) mass is 394 g/mol. The van der Waals surface area contributed by atoms with Gasteiger partial charge in [-0.05, 0) is 55.2 Å². The van der Waals surface area contributed by atoms with Gasteiger partial charge in [0.1, 0.15) is 5.82 Å². The fourth-order valence-electron chi connectivity index (χ4n) is 4.42. The Morgan fingerprint density at radius 1 is 1.22 bits per heavy atom. The van der Waals surface area contributed by atoms with Crippen LogP contribution in [0.4, 0.5) is 4.39 Å². The molecule has 0 spiro atoms. The second-order valence-corrected chi connectivity index (χ2v) is 8.32. The van der Waals surface area contributed by atoms with Crippen LogP contribution >= 0.6 is 11.6 Å². The summed E-state index contributed by atoms with van der Waals surface area (Å²) < 4.78 is 13.6. The zero-order valence-electron chi connectivity index (χ0n) is 15.8. The highest BCUT2D eigenvalue weighted by molar-refractivity contribution is 6.30. The van der Waals surface area contributed by atoms with Gasteiger partial charge in [0.15, 0.2) is 0 Å². The number of piperidine rings is 1. The van der Waals surface area contributed by atoms with Gasteiger partial charge in [-0.25, -0.2) is 4.39 Å². The number of nitrogens with zero attached hydrogens (tertiary/aromatic N) is 1. The number of nitrogens with one attached hydrogen (secondary N) is 1. The van der Waals surface area contributed by atoms with Gasteiger partial charge in [0.25, 0.3) is 0 Å². The summed E-state index contributed by atoms with van der Waals surface area (Å²) in [5.41, 5.74) is 0.882. The van der Waals surface area contributed by atoms with Crippen molar-refractivity contribution in [3.05, 3.63) is 34.6 Å². The molecule has 1 aliphatic carbocycles. The number of amides is 2. The predicted molar refractivity (Wildman–Crippen MR) is 104 cm³/mol. The highest BCUT2D eigenvalue weighted by Crippen LogP contribution is 2.37. The van der Waals surface area contributed by atoms with Gasteiger partial charge in [0.2, 0.25) is 11.8 Å². The highest BCUT2D eigenvalue weighted by Gasteiger charge is 2.29.